The Morgan fingerprint density at radius 1 is 0.943 bits per heavy atom. The number of carbonyl (C=O) groups is 1. The molecule has 0 atom stereocenters. The lowest BCUT2D eigenvalue weighted by Gasteiger charge is -2.23. The first-order valence-electron chi connectivity index (χ1n) is 10.7. The van der Waals surface area contributed by atoms with Gasteiger partial charge in [-0.25, -0.2) is 18.0 Å². The summed E-state index contributed by atoms with van der Waals surface area (Å²) in [7, 11) is -4.40. The molecule has 0 saturated heterocycles. The third kappa shape index (κ3) is 4.20. The molecular weight excluding hydrogens is 486 g/mol. The zero-order valence-corrected chi connectivity index (χ0v) is 20.1. The van der Waals surface area contributed by atoms with Crippen LogP contribution in [0.2, 0.25) is 0 Å². The van der Waals surface area contributed by atoms with E-state index in [2.05, 4.69) is 0 Å². The molecule has 5 rings (SSSR count). The maximum atomic E-state index is 13.9. The predicted octanol–water partition coefficient (Wildman–Crippen LogP) is 5.96. The fraction of sp³-hybridized carbons (Fsp3) is 0.0769. The number of aryl methyl sites for hydroxylation is 1. The number of fused-ring (bicyclic) bond motifs is 3. The molecule has 0 bridgehead atoms. The van der Waals surface area contributed by atoms with Gasteiger partial charge in [0.2, 0.25) is 0 Å². The Morgan fingerprint density at radius 3 is 2.29 bits per heavy atom. The van der Waals surface area contributed by atoms with Gasteiger partial charge in [0.1, 0.15) is 5.75 Å². The maximum absolute atomic E-state index is 13.9. The van der Waals surface area contributed by atoms with Gasteiger partial charge in [-0.3, -0.25) is 0 Å². The fourth-order valence-electron chi connectivity index (χ4n) is 3.81. The molecule has 35 heavy (non-hydrogen) atoms. The summed E-state index contributed by atoms with van der Waals surface area (Å²) in [6.07, 6.45) is -0.364. The third-order valence-corrected chi connectivity index (χ3v) is 7.99. The van der Waals surface area contributed by atoms with Crippen LogP contribution in [0.5, 0.6) is 5.75 Å². The van der Waals surface area contributed by atoms with E-state index < -0.39 is 21.1 Å². The van der Waals surface area contributed by atoms with E-state index in [1.165, 1.54) is 18.2 Å². The summed E-state index contributed by atoms with van der Waals surface area (Å²) in [6, 6.07) is 22.9. The minimum absolute atomic E-state index is 0.0608. The quantitative estimate of drug-likeness (QED) is 0.292. The number of ether oxygens (including phenoxy) is 1. The van der Waals surface area contributed by atoms with Crippen molar-refractivity contribution in [2.24, 2.45) is 0 Å². The molecule has 0 aliphatic rings. The predicted molar refractivity (Wildman–Crippen MR) is 136 cm³/mol. The van der Waals surface area contributed by atoms with Gasteiger partial charge in [0.25, 0.3) is 10.0 Å². The van der Waals surface area contributed by atoms with Crippen LogP contribution in [0.25, 0.3) is 21.1 Å². The van der Waals surface area contributed by atoms with E-state index in [0.29, 0.717) is 25.4 Å². The van der Waals surface area contributed by atoms with Gasteiger partial charge in [-0.15, -0.1) is 0 Å². The molecule has 7 nitrogen and oxygen atoms in total. The first kappa shape index (κ1) is 22.8. The van der Waals surface area contributed by atoms with Crippen molar-refractivity contribution in [2.75, 3.05) is 4.31 Å². The van der Waals surface area contributed by atoms with Crippen molar-refractivity contribution >= 4 is 54.2 Å². The van der Waals surface area contributed by atoms with Crippen LogP contribution in [0.4, 0.5) is 10.5 Å². The largest absolute Gasteiger partial charge is 0.434 e. The monoisotopic (exact) mass is 505 g/mol. The Labute approximate surface area is 204 Å². The molecule has 0 N–H and O–H groups in total. The molecule has 0 saturated carbocycles. The molecule has 5 aromatic rings. The van der Waals surface area contributed by atoms with Gasteiger partial charge in [-0.2, -0.15) is 4.31 Å². The first-order chi connectivity index (χ1) is 16.9. The molecule has 1 amide bonds. The first-order valence-corrected chi connectivity index (χ1v) is 13.0. The van der Waals surface area contributed by atoms with Crippen LogP contribution in [0.1, 0.15) is 12.5 Å². The highest BCUT2D eigenvalue weighted by Gasteiger charge is 2.35. The van der Waals surface area contributed by atoms with E-state index in [-0.39, 0.29) is 16.3 Å². The molecule has 0 fully saturated rings. The van der Waals surface area contributed by atoms with E-state index in [4.69, 9.17) is 9.15 Å². The summed E-state index contributed by atoms with van der Waals surface area (Å²) in [4.78, 5) is 24.9. The lowest BCUT2D eigenvalue weighted by Crippen LogP contribution is -2.39. The van der Waals surface area contributed by atoms with Crippen LogP contribution in [-0.4, -0.2) is 14.5 Å². The van der Waals surface area contributed by atoms with Crippen LogP contribution in [-0.2, 0) is 16.4 Å². The third-order valence-electron chi connectivity index (χ3n) is 5.52. The minimum atomic E-state index is -4.40. The van der Waals surface area contributed by atoms with Crippen LogP contribution in [0, 0.1) is 0 Å². The Morgan fingerprint density at radius 2 is 1.60 bits per heavy atom. The molecule has 1 aromatic heterocycles. The number of anilines is 1. The zero-order chi connectivity index (χ0) is 24.6. The van der Waals surface area contributed by atoms with Gasteiger partial charge < -0.3 is 9.15 Å². The van der Waals surface area contributed by atoms with Gasteiger partial charge in [-0.1, -0.05) is 72.9 Å². The molecule has 0 spiro atoms. The summed E-state index contributed by atoms with van der Waals surface area (Å²) in [6.45, 7) is 1.96. The Balaban J connectivity index is 1.75. The number of nitrogens with zero attached hydrogens (tertiary/aromatic N) is 1. The number of hydrogen-bond acceptors (Lipinski definition) is 7. The van der Waals surface area contributed by atoms with Crippen LogP contribution >= 0.6 is 11.3 Å². The molecule has 176 valence electrons. The van der Waals surface area contributed by atoms with Crippen molar-refractivity contribution in [2.45, 2.75) is 18.2 Å². The highest BCUT2D eigenvalue weighted by Crippen LogP contribution is 2.38. The SMILES string of the molecule is CCc1ccc(S(=O)(=O)N(C(=O)Oc2ccccc2)c2cc3sc(=O)oc3c3ccccc23)cc1. The van der Waals surface area contributed by atoms with Crippen molar-refractivity contribution in [3.05, 3.63) is 100 Å². The number of para-hydroxylation sites is 1. The van der Waals surface area contributed by atoms with Gasteiger partial charge >= 0.3 is 11.0 Å². The molecule has 0 aliphatic heterocycles. The number of benzene rings is 4. The highest BCUT2D eigenvalue weighted by molar-refractivity contribution is 7.93. The second-order valence-corrected chi connectivity index (χ2v) is 10.4. The average molecular weight is 506 g/mol. The molecule has 0 unspecified atom stereocenters. The Hall–Kier alpha value is -3.95. The Kier molecular flexibility index (Phi) is 5.88. The average Bonchev–Trinajstić information content (AvgIpc) is 3.25. The molecule has 0 radical (unpaired) electrons. The summed E-state index contributed by atoms with van der Waals surface area (Å²) in [5.74, 6) is 0.192. The van der Waals surface area contributed by atoms with E-state index in [1.807, 2.05) is 6.92 Å². The standard InChI is InChI=1S/C26H19NO6S2/c1-2-17-12-14-19(15-13-17)35(30,31)27(25(28)32-18-8-4-3-5-9-18)22-16-23-24(33-26(29)34-23)21-11-7-6-10-20(21)22/h3-16H,2H2,1H3. The summed E-state index contributed by atoms with van der Waals surface area (Å²) in [5, 5.41) is 0.924. The lowest BCUT2D eigenvalue weighted by atomic mass is 10.1. The lowest BCUT2D eigenvalue weighted by molar-refractivity contribution is 0.211. The molecular formula is C26H19NO6S2. The number of amides is 1. The second-order valence-electron chi connectivity index (χ2n) is 7.67. The topological polar surface area (TPSA) is 93.9 Å². The van der Waals surface area contributed by atoms with Crippen molar-refractivity contribution in [1.29, 1.82) is 0 Å². The van der Waals surface area contributed by atoms with Crippen molar-refractivity contribution < 1.29 is 22.4 Å². The smallest absolute Gasteiger partial charge is 0.413 e. The maximum Gasteiger partial charge on any atom is 0.434 e. The van der Waals surface area contributed by atoms with Crippen molar-refractivity contribution in [3.63, 3.8) is 0 Å². The van der Waals surface area contributed by atoms with Crippen LogP contribution < -0.4 is 14.0 Å². The van der Waals surface area contributed by atoms with Gasteiger partial charge in [0.15, 0.2) is 5.58 Å². The van der Waals surface area contributed by atoms with Crippen LogP contribution in [0.15, 0.2) is 99.0 Å². The molecule has 4 aromatic carbocycles. The molecule has 1 heterocycles. The summed E-state index contributed by atoms with van der Waals surface area (Å²) >= 11 is 0.830. The normalized spacial score (nSPS) is 11.6. The van der Waals surface area contributed by atoms with Crippen molar-refractivity contribution in [1.82, 2.24) is 0 Å². The van der Waals surface area contributed by atoms with Gasteiger partial charge in [0, 0.05) is 10.8 Å². The zero-order valence-electron chi connectivity index (χ0n) is 18.5. The van der Waals surface area contributed by atoms with E-state index in [9.17, 15) is 18.0 Å². The van der Waals surface area contributed by atoms with E-state index in [0.717, 1.165) is 23.3 Å². The second kappa shape index (κ2) is 9.01. The van der Waals surface area contributed by atoms with Gasteiger partial charge in [-0.05, 0) is 42.3 Å². The molecule has 9 heteroatoms. The summed E-state index contributed by atoms with van der Waals surface area (Å²) in [5.41, 5.74) is 1.35. The van der Waals surface area contributed by atoms with Gasteiger partial charge in [0.05, 0.1) is 15.3 Å². The summed E-state index contributed by atoms with van der Waals surface area (Å²) < 4.78 is 39.7. The minimum Gasteiger partial charge on any atom is -0.413 e. The fourth-order valence-corrected chi connectivity index (χ4v) is 5.86. The van der Waals surface area contributed by atoms with Crippen molar-refractivity contribution in [3.8, 4) is 5.75 Å². The van der Waals surface area contributed by atoms with Crippen LogP contribution in [0.3, 0.4) is 0 Å². The number of carbonyl (C=O) groups excluding carboxylic acids is 1. The Bertz CT molecular complexity index is 1700. The number of hydrogen-bond donors (Lipinski definition) is 0. The molecule has 0 aliphatic carbocycles. The van der Waals surface area contributed by atoms with E-state index >= 15 is 0 Å². The highest BCUT2D eigenvalue weighted by atomic mass is 32.2. The number of sulfonamides is 1. The number of rotatable bonds is 5. The van der Waals surface area contributed by atoms with E-state index in [1.54, 1.807) is 66.7 Å².